The molecule has 0 aliphatic carbocycles. The summed E-state index contributed by atoms with van der Waals surface area (Å²) in [5.74, 6) is 0.949. The molecule has 0 bridgehead atoms. The van der Waals surface area contributed by atoms with Gasteiger partial charge in [-0.05, 0) is 50.1 Å². The Hall–Kier alpha value is -3.42. The monoisotopic (exact) mass is 408 g/mol. The number of benzene rings is 1. The second-order valence-corrected chi connectivity index (χ2v) is 7.70. The first-order chi connectivity index (χ1) is 14.3. The second kappa shape index (κ2) is 7.78. The molecule has 156 valence electrons. The third-order valence-electron chi connectivity index (χ3n) is 5.45. The van der Waals surface area contributed by atoms with Gasteiger partial charge in [-0.1, -0.05) is 12.1 Å². The lowest BCUT2D eigenvalue weighted by molar-refractivity contribution is -0.115. The van der Waals surface area contributed by atoms with Crippen molar-refractivity contribution in [1.29, 1.82) is 0 Å². The number of hydrogen-bond acceptors (Lipinski definition) is 5. The van der Waals surface area contributed by atoms with Crippen LogP contribution in [0.25, 0.3) is 0 Å². The van der Waals surface area contributed by atoms with Gasteiger partial charge in [0.1, 0.15) is 11.5 Å². The molecule has 0 spiro atoms. The normalized spacial score (nSPS) is 13.2. The van der Waals surface area contributed by atoms with E-state index in [0.717, 1.165) is 28.2 Å². The Labute approximate surface area is 175 Å². The number of rotatable bonds is 5. The van der Waals surface area contributed by atoms with Gasteiger partial charge in [0.2, 0.25) is 11.9 Å². The Kier molecular flexibility index (Phi) is 5.15. The number of carbonyl (C=O) groups excluding carboxylic acids is 1. The summed E-state index contributed by atoms with van der Waals surface area (Å²) in [4.78, 5) is 22.7. The molecule has 1 amide bonds. The zero-order valence-corrected chi connectivity index (χ0v) is 17.6. The number of nitrogens with one attached hydrogen (secondary N) is 2. The molecule has 0 radical (unpaired) electrons. The van der Waals surface area contributed by atoms with Crippen molar-refractivity contribution >= 4 is 23.4 Å². The maximum Gasteiger partial charge on any atom is 0.244 e. The average molecular weight is 408 g/mol. The topological polar surface area (TPSA) is 75.1 Å². The molecule has 30 heavy (non-hydrogen) atoms. The quantitative estimate of drug-likeness (QED) is 0.677. The first kappa shape index (κ1) is 19.9. The summed E-state index contributed by atoms with van der Waals surface area (Å²) in [6.07, 6.45) is 0. The minimum Gasteiger partial charge on any atom is -0.350 e. The second-order valence-electron chi connectivity index (χ2n) is 7.70. The van der Waals surface area contributed by atoms with Gasteiger partial charge in [-0.15, -0.1) is 0 Å². The van der Waals surface area contributed by atoms with Crippen molar-refractivity contribution in [2.75, 3.05) is 29.1 Å². The number of amides is 1. The van der Waals surface area contributed by atoms with E-state index in [2.05, 4.69) is 45.1 Å². The highest BCUT2D eigenvalue weighted by molar-refractivity contribution is 6.00. The lowest BCUT2D eigenvalue weighted by Gasteiger charge is -2.27. The van der Waals surface area contributed by atoms with Crippen LogP contribution < -0.4 is 15.5 Å². The first-order valence-corrected chi connectivity index (χ1v) is 9.85. The Morgan fingerprint density at radius 2 is 1.90 bits per heavy atom. The summed E-state index contributed by atoms with van der Waals surface area (Å²) in [6, 6.07) is 8.74. The van der Waals surface area contributed by atoms with Crippen LogP contribution >= 0.6 is 0 Å². The van der Waals surface area contributed by atoms with Crippen molar-refractivity contribution in [2.45, 2.75) is 33.9 Å². The molecule has 3 heterocycles. The number of nitrogens with zero attached hydrogens (tertiary/aromatic N) is 4. The number of aryl methyl sites for hydroxylation is 2. The summed E-state index contributed by atoms with van der Waals surface area (Å²) in [6.45, 7) is 7.55. The molecular formula is C22H25FN6O. The summed E-state index contributed by atoms with van der Waals surface area (Å²) < 4.78 is 15.4. The lowest BCUT2D eigenvalue weighted by atomic mass is 10.2. The molecular weight excluding hydrogens is 383 g/mol. The van der Waals surface area contributed by atoms with E-state index in [1.54, 1.807) is 0 Å². The molecule has 1 aromatic carbocycles. The molecule has 1 aliphatic rings. The van der Waals surface area contributed by atoms with E-state index < -0.39 is 0 Å². The number of carbonyl (C=O) groups is 1. The Morgan fingerprint density at radius 3 is 2.63 bits per heavy atom. The molecule has 8 heteroatoms. The third-order valence-corrected chi connectivity index (χ3v) is 5.45. The number of aromatic nitrogens is 3. The van der Waals surface area contributed by atoms with Gasteiger partial charge in [-0.2, -0.15) is 4.98 Å². The number of hydrogen-bond donors (Lipinski definition) is 2. The summed E-state index contributed by atoms with van der Waals surface area (Å²) >= 11 is 0. The average Bonchev–Trinajstić information content (AvgIpc) is 2.96. The molecule has 0 atom stereocenters. The van der Waals surface area contributed by atoms with Crippen molar-refractivity contribution in [3.63, 3.8) is 0 Å². The van der Waals surface area contributed by atoms with Crippen LogP contribution in [-0.2, 0) is 17.9 Å². The van der Waals surface area contributed by atoms with Crippen molar-refractivity contribution in [1.82, 2.24) is 14.5 Å². The summed E-state index contributed by atoms with van der Waals surface area (Å²) in [5.41, 5.74) is 5.87. The van der Waals surface area contributed by atoms with Crippen molar-refractivity contribution < 1.29 is 9.18 Å². The molecule has 0 unspecified atom stereocenters. The van der Waals surface area contributed by atoms with Gasteiger partial charge >= 0.3 is 0 Å². The molecule has 4 rings (SSSR count). The van der Waals surface area contributed by atoms with Crippen LogP contribution in [0, 0.1) is 26.6 Å². The van der Waals surface area contributed by atoms with E-state index in [9.17, 15) is 9.18 Å². The van der Waals surface area contributed by atoms with Gasteiger partial charge in [0.15, 0.2) is 5.82 Å². The molecule has 0 saturated carbocycles. The van der Waals surface area contributed by atoms with Crippen LogP contribution in [0.4, 0.5) is 21.8 Å². The highest BCUT2D eigenvalue weighted by Crippen LogP contribution is 2.30. The lowest BCUT2D eigenvalue weighted by Crippen LogP contribution is -2.36. The van der Waals surface area contributed by atoms with E-state index in [4.69, 9.17) is 0 Å². The van der Waals surface area contributed by atoms with Gasteiger partial charge in [-0.25, -0.2) is 9.37 Å². The fourth-order valence-corrected chi connectivity index (χ4v) is 3.77. The van der Waals surface area contributed by atoms with Crippen molar-refractivity contribution in [3.05, 3.63) is 64.4 Å². The molecule has 7 nitrogen and oxygen atoms in total. The van der Waals surface area contributed by atoms with Gasteiger partial charge in [0, 0.05) is 31.5 Å². The fraction of sp³-hybridized carbons (Fsp3) is 0.318. The number of fused-ring (bicyclic) bond motifs is 1. The van der Waals surface area contributed by atoms with E-state index in [1.165, 1.54) is 12.1 Å². The van der Waals surface area contributed by atoms with E-state index in [1.807, 2.05) is 31.0 Å². The molecule has 2 aromatic heterocycles. The van der Waals surface area contributed by atoms with Crippen LogP contribution in [0.5, 0.6) is 0 Å². The predicted molar refractivity (Wildman–Crippen MR) is 115 cm³/mol. The molecule has 3 aromatic rings. The maximum atomic E-state index is 13.2. The van der Waals surface area contributed by atoms with Gasteiger partial charge < -0.3 is 20.1 Å². The van der Waals surface area contributed by atoms with E-state index >= 15 is 0 Å². The zero-order chi connectivity index (χ0) is 21.4. The zero-order valence-electron chi connectivity index (χ0n) is 17.6. The van der Waals surface area contributed by atoms with Crippen molar-refractivity contribution in [2.24, 2.45) is 0 Å². The highest BCUT2D eigenvalue weighted by atomic mass is 19.1. The Morgan fingerprint density at radius 1 is 1.17 bits per heavy atom. The van der Waals surface area contributed by atoms with Gasteiger partial charge in [0.05, 0.1) is 12.2 Å². The summed E-state index contributed by atoms with van der Waals surface area (Å²) in [5, 5.41) is 6.16. The van der Waals surface area contributed by atoms with E-state index in [-0.39, 0.29) is 18.3 Å². The SMILES string of the molecule is Cc1nc(NCc2cc(C)n(Cc3ccc(F)cc3)c2C)nc2c1NC(=O)CN2C. The van der Waals surface area contributed by atoms with Crippen LogP contribution in [0.1, 0.15) is 28.2 Å². The maximum absolute atomic E-state index is 13.2. The largest absolute Gasteiger partial charge is 0.350 e. The molecule has 2 N–H and O–H groups in total. The van der Waals surface area contributed by atoms with Gasteiger partial charge in [-0.3, -0.25) is 4.79 Å². The van der Waals surface area contributed by atoms with Gasteiger partial charge in [0.25, 0.3) is 0 Å². The molecule has 0 saturated heterocycles. The fourth-order valence-electron chi connectivity index (χ4n) is 3.77. The van der Waals surface area contributed by atoms with Crippen LogP contribution in [0.2, 0.25) is 0 Å². The van der Waals surface area contributed by atoms with E-state index in [0.29, 0.717) is 30.5 Å². The highest BCUT2D eigenvalue weighted by Gasteiger charge is 2.24. The Bertz CT molecular complexity index is 1110. The van der Waals surface area contributed by atoms with Crippen LogP contribution in [0.3, 0.4) is 0 Å². The number of anilines is 3. The van der Waals surface area contributed by atoms with Crippen molar-refractivity contribution in [3.8, 4) is 0 Å². The molecule has 1 aliphatic heterocycles. The minimum absolute atomic E-state index is 0.0639. The smallest absolute Gasteiger partial charge is 0.244 e. The van der Waals surface area contributed by atoms with Crippen LogP contribution in [-0.4, -0.2) is 34.0 Å². The number of halogens is 1. The third kappa shape index (κ3) is 3.85. The predicted octanol–water partition coefficient (Wildman–Crippen LogP) is 3.39. The first-order valence-electron chi connectivity index (χ1n) is 9.85. The summed E-state index contributed by atoms with van der Waals surface area (Å²) in [7, 11) is 1.84. The minimum atomic E-state index is -0.227. The molecule has 0 fully saturated rings. The number of likely N-dealkylation sites (N-methyl/N-ethyl adjacent to an activating group) is 1. The Balaban J connectivity index is 1.52. The van der Waals surface area contributed by atoms with Crippen LogP contribution in [0.15, 0.2) is 30.3 Å². The standard InChI is InChI=1S/C22H25FN6O/c1-13-9-17(15(3)29(13)11-16-5-7-18(23)8-6-16)10-24-22-25-14(2)20-21(27-22)28(4)12-19(30)26-20/h5-9H,10-12H2,1-4H3,(H,26,30)(H,24,25,27).